The number of carbonyl (C=O) groups excluding carboxylic acids is 1. The molecule has 2 heterocycles. The van der Waals surface area contributed by atoms with Crippen LogP contribution in [0.1, 0.15) is 56.5 Å². The van der Waals surface area contributed by atoms with Gasteiger partial charge in [-0.2, -0.15) is 0 Å². The zero-order chi connectivity index (χ0) is 17.9. The molecule has 4 heteroatoms. The molecule has 1 unspecified atom stereocenters. The fourth-order valence-corrected chi connectivity index (χ4v) is 3.44. The smallest absolute Gasteiger partial charge is 0.234 e. The number of hydrogen-bond donors (Lipinski definition) is 1. The predicted octanol–water partition coefficient (Wildman–Crippen LogP) is 4.03. The monoisotopic (exact) mass is 340 g/mol. The Hall–Kier alpha value is -2.07. The molecular weight excluding hydrogens is 312 g/mol. The topological polar surface area (TPSA) is 45.5 Å². The Bertz CT molecular complexity index is 684. The Morgan fingerprint density at radius 1 is 1.24 bits per heavy atom. The summed E-state index contributed by atoms with van der Waals surface area (Å²) < 4.78 is 5.25. The molecule has 0 aliphatic carbocycles. The lowest BCUT2D eigenvalue weighted by Gasteiger charge is -2.25. The van der Waals surface area contributed by atoms with Gasteiger partial charge in [-0.05, 0) is 48.1 Å². The van der Waals surface area contributed by atoms with Crippen molar-refractivity contribution in [3.63, 3.8) is 0 Å². The molecule has 1 amide bonds. The summed E-state index contributed by atoms with van der Waals surface area (Å²) in [5, 5.41) is 2.94. The molecule has 0 radical (unpaired) electrons. The summed E-state index contributed by atoms with van der Waals surface area (Å²) in [4.78, 5) is 14.5. The molecule has 1 fully saturated rings. The van der Waals surface area contributed by atoms with E-state index in [9.17, 15) is 4.79 Å². The largest absolute Gasteiger partial charge is 0.467 e. The summed E-state index contributed by atoms with van der Waals surface area (Å²) in [6.07, 6.45) is 3.87. The van der Waals surface area contributed by atoms with Gasteiger partial charge >= 0.3 is 0 Å². The normalized spacial score (nSPS) is 18.4. The average molecular weight is 340 g/mol. The van der Waals surface area contributed by atoms with E-state index in [2.05, 4.69) is 55.3 Å². The molecule has 134 valence electrons. The van der Waals surface area contributed by atoms with Gasteiger partial charge in [-0.25, -0.2) is 0 Å². The van der Waals surface area contributed by atoms with Gasteiger partial charge in [-0.15, -0.1) is 0 Å². The second kappa shape index (κ2) is 7.44. The number of amides is 1. The standard InChI is InChI=1S/C21H28N2O2/c1-21(2,3)17-10-8-16(9-11-17)19-7-4-12-23(19)15-20(24)22-14-18-6-5-13-25-18/h5-6,8-11,13,19H,4,7,12,14-15H2,1-3H3,(H,22,24). The van der Waals surface area contributed by atoms with Crippen LogP contribution in [0, 0.1) is 0 Å². The van der Waals surface area contributed by atoms with Crippen molar-refractivity contribution in [3.8, 4) is 0 Å². The van der Waals surface area contributed by atoms with Crippen LogP contribution in [0.25, 0.3) is 0 Å². The number of nitrogens with zero attached hydrogens (tertiary/aromatic N) is 1. The van der Waals surface area contributed by atoms with E-state index in [0.29, 0.717) is 19.1 Å². The molecule has 0 saturated carbocycles. The van der Waals surface area contributed by atoms with Gasteiger partial charge in [0, 0.05) is 6.04 Å². The first-order valence-corrected chi connectivity index (χ1v) is 9.07. The fourth-order valence-electron chi connectivity index (χ4n) is 3.44. The maximum Gasteiger partial charge on any atom is 0.234 e. The van der Waals surface area contributed by atoms with Gasteiger partial charge in [0.15, 0.2) is 0 Å². The predicted molar refractivity (Wildman–Crippen MR) is 99.2 cm³/mol. The summed E-state index contributed by atoms with van der Waals surface area (Å²) in [5.74, 6) is 0.832. The highest BCUT2D eigenvalue weighted by molar-refractivity contribution is 5.78. The summed E-state index contributed by atoms with van der Waals surface area (Å²) in [5.41, 5.74) is 2.82. The van der Waals surface area contributed by atoms with Crippen LogP contribution >= 0.6 is 0 Å². The number of likely N-dealkylation sites (tertiary alicyclic amines) is 1. The van der Waals surface area contributed by atoms with Crippen molar-refractivity contribution in [2.45, 2.75) is 51.6 Å². The van der Waals surface area contributed by atoms with Crippen molar-refractivity contribution in [1.29, 1.82) is 0 Å². The summed E-state index contributed by atoms with van der Waals surface area (Å²) in [6.45, 7) is 8.55. The molecule has 1 N–H and O–H groups in total. The van der Waals surface area contributed by atoms with Crippen LogP contribution in [0.4, 0.5) is 0 Å². The van der Waals surface area contributed by atoms with Crippen LogP contribution in [0.5, 0.6) is 0 Å². The van der Waals surface area contributed by atoms with E-state index < -0.39 is 0 Å². The first kappa shape index (κ1) is 17.7. The van der Waals surface area contributed by atoms with Gasteiger partial charge in [0.2, 0.25) is 5.91 Å². The van der Waals surface area contributed by atoms with Crippen molar-refractivity contribution in [2.24, 2.45) is 0 Å². The number of nitrogens with one attached hydrogen (secondary N) is 1. The van der Waals surface area contributed by atoms with Gasteiger partial charge in [0.25, 0.3) is 0 Å². The number of furan rings is 1. The van der Waals surface area contributed by atoms with Crippen LogP contribution in [0.15, 0.2) is 47.1 Å². The summed E-state index contributed by atoms with van der Waals surface area (Å²) in [6, 6.07) is 12.9. The zero-order valence-electron chi connectivity index (χ0n) is 15.4. The molecule has 0 spiro atoms. The van der Waals surface area contributed by atoms with E-state index in [4.69, 9.17) is 4.42 Å². The maximum atomic E-state index is 12.3. The molecule has 3 rings (SSSR count). The van der Waals surface area contributed by atoms with Crippen molar-refractivity contribution in [2.75, 3.05) is 13.1 Å². The Balaban J connectivity index is 1.59. The van der Waals surface area contributed by atoms with Crippen LogP contribution in [0.3, 0.4) is 0 Å². The zero-order valence-corrected chi connectivity index (χ0v) is 15.4. The van der Waals surface area contributed by atoms with E-state index in [1.165, 1.54) is 11.1 Å². The van der Waals surface area contributed by atoms with Gasteiger partial charge in [-0.3, -0.25) is 9.69 Å². The Labute approximate surface area is 150 Å². The summed E-state index contributed by atoms with van der Waals surface area (Å²) >= 11 is 0. The highest BCUT2D eigenvalue weighted by Crippen LogP contribution is 2.33. The second-order valence-corrected chi connectivity index (χ2v) is 7.86. The molecule has 0 bridgehead atoms. The minimum atomic E-state index is 0.0506. The third-order valence-corrected chi connectivity index (χ3v) is 4.91. The van der Waals surface area contributed by atoms with E-state index in [1.807, 2.05) is 12.1 Å². The third-order valence-electron chi connectivity index (χ3n) is 4.91. The highest BCUT2D eigenvalue weighted by Gasteiger charge is 2.27. The van der Waals surface area contributed by atoms with Gasteiger partial charge in [0.05, 0.1) is 19.4 Å². The molecule has 2 aromatic rings. The van der Waals surface area contributed by atoms with Gasteiger partial charge < -0.3 is 9.73 Å². The first-order chi connectivity index (χ1) is 11.9. The Morgan fingerprint density at radius 2 is 2.00 bits per heavy atom. The molecule has 1 atom stereocenters. The lowest BCUT2D eigenvalue weighted by atomic mass is 9.86. The molecule has 1 aromatic carbocycles. The third kappa shape index (κ3) is 4.51. The maximum absolute atomic E-state index is 12.3. The average Bonchev–Trinajstić information content (AvgIpc) is 3.24. The molecule has 1 aliphatic heterocycles. The van der Waals surface area contributed by atoms with Crippen molar-refractivity contribution in [3.05, 3.63) is 59.5 Å². The minimum absolute atomic E-state index is 0.0506. The van der Waals surface area contributed by atoms with E-state index in [0.717, 1.165) is 25.1 Å². The van der Waals surface area contributed by atoms with Crippen molar-refractivity contribution in [1.82, 2.24) is 10.2 Å². The molecule has 1 saturated heterocycles. The van der Waals surface area contributed by atoms with Crippen LogP contribution in [-0.4, -0.2) is 23.9 Å². The number of benzene rings is 1. The summed E-state index contributed by atoms with van der Waals surface area (Å²) in [7, 11) is 0. The molecule has 1 aliphatic rings. The van der Waals surface area contributed by atoms with Crippen molar-refractivity contribution >= 4 is 5.91 Å². The Kier molecular flexibility index (Phi) is 5.28. The fraction of sp³-hybridized carbons (Fsp3) is 0.476. The van der Waals surface area contributed by atoms with Gasteiger partial charge in [0.1, 0.15) is 5.76 Å². The number of rotatable bonds is 5. The molecular formula is C21H28N2O2. The molecule has 25 heavy (non-hydrogen) atoms. The Morgan fingerprint density at radius 3 is 2.64 bits per heavy atom. The SMILES string of the molecule is CC(C)(C)c1ccc(C2CCCN2CC(=O)NCc2ccco2)cc1. The van der Waals surface area contributed by atoms with E-state index in [-0.39, 0.29) is 11.3 Å². The van der Waals surface area contributed by atoms with Gasteiger partial charge in [-0.1, -0.05) is 45.0 Å². The first-order valence-electron chi connectivity index (χ1n) is 9.07. The van der Waals surface area contributed by atoms with Crippen LogP contribution in [-0.2, 0) is 16.8 Å². The highest BCUT2D eigenvalue weighted by atomic mass is 16.3. The van der Waals surface area contributed by atoms with Crippen molar-refractivity contribution < 1.29 is 9.21 Å². The quantitative estimate of drug-likeness (QED) is 0.894. The number of hydrogen-bond acceptors (Lipinski definition) is 3. The van der Waals surface area contributed by atoms with Crippen LogP contribution < -0.4 is 5.32 Å². The molecule has 4 nitrogen and oxygen atoms in total. The number of carbonyl (C=O) groups is 1. The lowest BCUT2D eigenvalue weighted by molar-refractivity contribution is -0.122. The lowest BCUT2D eigenvalue weighted by Crippen LogP contribution is -2.36. The van der Waals surface area contributed by atoms with E-state index >= 15 is 0 Å². The molecule has 1 aromatic heterocycles. The minimum Gasteiger partial charge on any atom is -0.467 e. The van der Waals surface area contributed by atoms with E-state index in [1.54, 1.807) is 6.26 Å². The second-order valence-electron chi connectivity index (χ2n) is 7.86. The van der Waals surface area contributed by atoms with Crippen LogP contribution in [0.2, 0.25) is 0 Å².